The maximum absolute atomic E-state index is 13.7. The van der Waals surface area contributed by atoms with E-state index in [1.54, 1.807) is 83.8 Å². The molecular formula is C31H22Cl4N2O3S. The number of thioether (sulfide) groups is 1. The largest absolute Gasteiger partial charge is 0.490 e. The van der Waals surface area contributed by atoms with Crippen LogP contribution in [-0.2, 0) is 11.4 Å². The van der Waals surface area contributed by atoms with Gasteiger partial charge >= 0.3 is 0 Å². The molecule has 0 radical (unpaired) electrons. The fourth-order valence-electron chi connectivity index (χ4n) is 3.95. The van der Waals surface area contributed by atoms with Gasteiger partial charge in [-0.15, -0.1) is 0 Å². The second-order valence-corrected chi connectivity index (χ2v) is 11.5. The summed E-state index contributed by atoms with van der Waals surface area (Å²) >= 11 is 26.1. The van der Waals surface area contributed by atoms with Gasteiger partial charge in [0.05, 0.1) is 27.9 Å². The van der Waals surface area contributed by atoms with Gasteiger partial charge in [0.15, 0.2) is 16.7 Å². The van der Waals surface area contributed by atoms with E-state index in [1.165, 1.54) is 11.8 Å². The molecule has 4 aromatic carbocycles. The molecule has 0 bridgehead atoms. The van der Waals surface area contributed by atoms with Gasteiger partial charge in [0, 0.05) is 15.1 Å². The highest BCUT2D eigenvalue weighted by Gasteiger charge is 2.35. The Bertz CT molecular complexity index is 1620. The van der Waals surface area contributed by atoms with Gasteiger partial charge in [-0.2, -0.15) is 0 Å². The first-order chi connectivity index (χ1) is 19.8. The fraction of sp³-hybridized carbons (Fsp3) is 0.0968. The molecule has 5 nitrogen and oxygen atoms in total. The first-order valence-corrected chi connectivity index (χ1v) is 14.8. The van der Waals surface area contributed by atoms with Gasteiger partial charge in [-0.1, -0.05) is 58.5 Å². The number of anilines is 1. The molecule has 0 aromatic heterocycles. The second-order valence-electron chi connectivity index (χ2n) is 8.78. The first kappa shape index (κ1) is 29.4. The van der Waals surface area contributed by atoms with Crippen molar-refractivity contribution >= 4 is 86.7 Å². The highest BCUT2D eigenvalue weighted by Crippen LogP contribution is 2.41. The molecule has 0 atom stereocenters. The van der Waals surface area contributed by atoms with Crippen LogP contribution < -0.4 is 14.4 Å². The van der Waals surface area contributed by atoms with Gasteiger partial charge in [-0.25, -0.2) is 4.99 Å². The van der Waals surface area contributed by atoms with Gasteiger partial charge in [-0.3, -0.25) is 9.69 Å². The maximum atomic E-state index is 13.7. The lowest BCUT2D eigenvalue weighted by Gasteiger charge is -2.16. The van der Waals surface area contributed by atoms with E-state index in [9.17, 15) is 4.79 Å². The highest BCUT2D eigenvalue weighted by molar-refractivity contribution is 8.19. The lowest BCUT2D eigenvalue weighted by Crippen LogP contribution is -2.28. The Labute approximate surface area is 262 Å². The Kier molecular flexibility index (Phi) is 9.48. The molecule has 1 heterocycles. The number of carbonyl (C=O) groups excluding carboxylic acids is 1. The smallest absolute Gasteiger partial charge is 0.271 e. The van der Waals surface area contributed by atoms with Gasteiger partial charge in [-0.05, 0) is 109 Å². The third-order valence-electron chi connectivity index (χ3n) is 5.87. The van der Waals surface area contributed by atoms with Crippen LogP contribution in [0.5, 0.6) is 11.5 Å². The normalized spacial score (nSPS) is 15.1. The maximum Gasteiger partial charge on any atom is 0.271 e. The number of aliphatic imine (C=N–C) groups is 1. The Balaban J connectivity index is 1.48. The molecule has 4 aromatic rings. The molecule has 0 aliphatic carbocycles. The van der Waals surface area contributed by atoms with Crippen LogP contribution in [0.2, 0.25) is 20.1 Å². The standard InChI is InChI=1S/C31H22Cl4N2O3S/c1-2-39-27-16-20(15-26(35)29(27)40-18-19-3-5-21(32)6-4-19)17-28-30(38)37(25-13-9-23(34)10-14-25)31(41-28)36-24-11-7-22(33)8-12-24/h3-17H,2,18H2,1H3/b28-17-,36-31?. The minimum absolute atomic E-state index is 0.234. The number of amides is 1. The molecule has 41 heavy (non-hydrogen) atoms. The van der Waals surface area contributed by atoms with E-state index in [0.717, 1.165) is 5.56 Å². The summed E-state index contributed by atoms with van der Waals surface area (Å²) in [5.41, 5.74) is 2.91. The molecule has 0 unspecified atom stereocenters. The summed E-state index contributed by atoms with van der Waals surface area (Å²) in [5.74, 6) is 0.659. The molecule has 5 rings (SSSR count). The molecule has 1 fully saturated rings. The predicted molar refractivity (Wildman–Crippen MR) is 171 cm³/mol. The zero-order valence-electron chi connectivity index (χ0n) is 21.6. The molecule has 1 aliphatic rings. The van der Waals surface area contributed by atoms with Crippen LogP contribution in [0.1, 0.15) is 18.1 Å². The predicted octanol–water partition coefficient (Wildman–Crippen LogP) is 10.1. The van der Waals surface area contributed by atoms with Crippen molar-refractivity contribution < 1.29 is 14.3 Å². The van der Waals surface area contributed by atoms with Gasteiger partial charge in [0.2, 0.25) is 0 Å². The van der Waals surface area contributed by atoms with Crippen LogP contribution in [0.25, 0.3) is 6.08 Å². The van der Waals surface area contributed by atoms with Crippen LogP contribution in [0.4, 0.5) is 11.4 Å². The Morgan fingerprint density at radius 2 is 1.44 bits per heavy atom. The minimum atomic E-state index is -0.234. The summed E-state index contributed by atoms with van der Waals surface area (Å²) in [6.07, 6.45) is 1.76. The SMILES string of the molecule is CCOc1cc(/C=C2\SC(=Nc3ccc(Cl)cc3)N(c3ccc(Cl)cc3)C2=O)cc(Cl)c1OCc1ccc(Cl)cc1. The summed E-state index contributed by atoms with van der Waals surface area (Å²) in [5, 5.41) is 2.66. The number of halogens is 4. The van der Waals surface area contributed by atoms with Crippen LogP contribution in [-0.4, -0.2) is 17.7 Å². The second kappa shape index (κ2) is 13.2. The zero-order chi connectivity index (χ0) is 28.9. The molecule has 10 heteroatoms. The molecule has 0 N–H and O–H groups in total. The van der Waals surface area contributed by atoms with Gasteiger partial charge in [0.1, 0.15) is 6.61 Å². The van der Waals surface area contributed by atoms with Crippen molar-refractivity contribution in [3.63, 3.8) is 0 Å². The van der Waals surface area contributed by atoms with Crippen LogP contribution in [0, 0.1) is 0 Å². The van der Waals surface area contributed by atoms with Gasteiger partial charge < -0.3 is 9.47 Å². The summed E-state index contributed by atoms with van der Waals surface area (Å²) in [7, 11) is 0. The van der Waals surface area contributed by atoms with E-state index >= 15 is 0 Å². The van der Waals surface area contributed by atoms with Crippen molar-refractivity contribution in [3.8, 4) is 11.5 Å². The van der Waals surface area contributed by atoms with E-state index in [-0.39, 0.29) is 12.5 Å². The highest BCUT2D eigenvalue weighted by atomic mass is 35.5. The summed E-state index contributed by atoms with van der Waals surface area (Å²) in [6, 6.07) is 25.0. The number of amidine groups is 1. The number of benzene rings is 4. The molecular weight excluding hydrogens is 622 g/mol. The zero-order valence-corrected chi connectivity index (χ0v) is 25.5. The van der Waals surface area contributed by atoms with Crippen LogP contribution in [0.15, 0.2) is 94.8 Å². The van der Waals surface area contributed by atoms with Gasteiger partial charge in [0.25, 0.3) is 5.91 Å². The number of nitrogens with zero attached hydrogens (tertiary/aromatic N) is 2. The summed E-state index contributed by atoms with van der Waals surface area (Å²) < 4.78 is 11.9. The van der Waals surface area contributed by atoms with E-state index in [2.05, 4.69) is 0 Å². The van der Waals surface area contributed by atoms with Crippen LogP contribution >= 0.6 is 58.2 Å². The fourth-order valence-corrected chi connectivity index (χ4v) is 5.61. The average Bonchev–Trinajstić information content (AvgIpc) is 3.25. The van der Waals surface area contributed by atoms with E-state index in [1.807, 2.05) is 19.1 Å². The first-order valence-electron chi connectivity index (χ1n) is 12.5. The average molecular weight is 644 g/mol. The monoisotopic (exact) mass is 642 g/mol. The lowest BCUT2D eigenvalue weighted by atomic mass is 10.1. The van der Waals surface area contributed by atoms with E-state index < -0.39 is 0 Å². The number of ether oxygens (including phenoxy) is 2. The third-order valence-corrected chi connectivity index (χ3v) is 7.87. The molecule has 1 aliphatic heterocycles. The Hall–Kier alpha value is -3.13. The number of hydrogen-bond donors (Lipinski definition) is 0. The summed E-state index contributed by atoms with van der Waals surface area (Å²) in [6.45, 7) is 2.57. The lowest BCUT2D eigenvalue weighted by molar-refractivity contribution is -0.113. The topological polar surface area (TPSA) is 51.1 Å². The van der Waals surface area contributed by atoms with Crippen molar-refractivity contribution in [1.29, 1.82) is 0 Å². The van der Waals surface area contributed by atoms with Crippen molar-refractivity contribution in [2.75, 3.05) is 11.5 Å². The summed E-state index contributed by atoms with van der Waals surface area (Å²) in [4.78, 5) is 20.4. The Morgan fingerprint density at radius 3 is 2.07 bits per heavy atom. The number of hydrogen-bond acceptors (Lipinski definition) is 5. The molecule has 1 saturated heterocycles. The number of rotatable bonds is 8. The minimum Gasteiger partial charge on any atom is -0.490 e. The van der Waals surface area contributed by atoms with E-state index in [0.29, 0.717) is 65.2 Å². The third kappa shape index (κ3) is 7.21. The van der Waals surface area contributed by atoms with Crippen molar-refractivity contribution in [2.24, 2.45) is 4.99 Å². The number of carbonyl (C=O) groups is 1. The molecule has 0 saturated carbocycles. The Morgan fingerprint density at radius 1 is 0.829 bits per heavy atom. The molecule has 208 valence electrons. The van der Waals surface area contributed by atoms with Crippen LogP contribution in [0.3, 0.4) is 0 Å². The molecule has 1 amide bonds. The van der Waals surface area contributed by atoms with E-state index in [4.69, 9.17) is 60.9 Å². The van der Waals surface area contributed by atoms with Crippen molar-refractivity contribution in [2.45, 2.75) is 13.5 Å². The quantitative estimate of drug-likeness (QED) is 0.179. The van der Waals surface area contributed by atoms with Crippen molar-refractivity contribution in [1.82, 2.24) is 0 Å². The van der Waals surface area contributed by atoms with Crippen molar-refractivity contribution in [3.05, 3.63) is 121 Å². The molecule has 0 spiro atoms.